The van der Waals surface area contributed by atoms with Crippen molar-refractivity contribution in [1.82, 2.24) is 0 Å². The Kier molecular flexibility index (Phi) is 5.63. The number of hydrogen-bond donors (Lipinski definition) is 0. The average molecular weight is 520 g/mol. The maximum atomic E-state index is 14.3. The van der Waals surface area contributed by atoms with E-state index in [1.807, 2.05) is 0 Å². The molecule has 0 saturated carbocycles. The molecule has 0 aromatic heterocycles. The number of Topliss-reactive ketones (excluding diaryl/α,β-unsaturated/α-hetero) is 1. The Labute approximate surface area is 178 Å². The molecular weight excluding hydrogens is 503 g/mol. The van der Waals surface area contributed by atoms with Crippen molar-refractivity contribution in [3.05, 3.63) is 56.9 Å². The van der Waals surface area contributed by atoms with Crippen molar-refractivity contribution in [3.8, 4) is 0 Å². The first-order valence-electron chi connectivity index (χ1n) is 8.73. The van der Waals surface area contributed by atoms with Crippen LogP contribution in [0.4, 0.5) is 33.7 Å². The van der Waals surface area contributed by atoms with Gasteiger partial charge in [-0.05, 0) is 79.8 Å². The van der Waals surface area contributed by atoms with E-state index in [1.54, 1.807) is 36.4 Å². The molecule has 1 saturated heterocycles. The van der Waals surface area contributed by atoms with Crippen LogP contribution in [0.15, 0.2) is 36.4 Å². The first-order valence-corrected chi connectivity index (χ1v) is 9.81. The first-order chi connectivity index (χ1) is 13.4. The van der Waals surface area contributed by atoms with Gasteiger partial charge in [0.1, 0.15) is 5.82 Å². The number of hydrogen-bond acceptors (Lipinski definition) is 2. The number of carbonyl (C=O) groups is 2. The summed E-state index contributed by atoms with van der Waals surface area (Å²) in [5, 5.41) is 0. The first kappa shape index (κ1) is 21.5. The summed E-state index contributed by atoms with van der Waals surface area (Å²) in [4.78, 5) is 27.1. The maximum Gasteiger partial charge on any atom is 0.417 e. The lowest BCUT2D eigenvalue weighted by Crippen LogP contribution is -2.34. The molecule has 0 spiro atoms. The van der Waals surface area contributed by atoms with Gasteiger partial charge in [0, 0.05) is 14.9 Å². The van der Waals surface area contributed by atoms with E-state index in [9.17, 15) is 27.2 Å². The fraction of sp³-hybridized carbons (Fsp3) is 0.300. The number of urea groups is 1. The summed E-state index contributed by atoms with van der Waals surface area (Å²) < 4.78 is 54.2. The van der Waals surface area contributed by atoms with Crippen molar-refractivity contribution in [2.75, 3.05) is 9.80 Å². The van der Waals surface area contributed by atoms with Crippen LogP contribution in [0.2, 0.25) is 0 Å². The molecule has 2 aromatic rings. The van der Waals surface area contributed by atoms with Crippen LogP contribution in [-0.4, -0.2) is 23.9 Å². The van der Waals surface area contributed by atoms with Crippen LogP contribution in [0.5, 0.6) is 0 Å². The number of alkyl halides is 3. The van der Waals surface area contributed by atoms with E-state index in [4.69, 9.17) is 0 Å². The predicted molar refractivity (Wildman–Crippen MR) is 110 cm³/mol. The molecule has 3 rings (SSSR count). The van der Waals surface area contributed by atoms with E-state index < -0.39 is 41.5 Å². The molecule has 0 N–H and O–H groups in total. The number of amides is 2. The average Bonchev–Trinajstić information content (AvgIpc) is 2.83. The van der Waals surface area contributed by atoms with E-state index >= 15 is 0 Å². The van der Waals surface area contributed by atoms with Crippen molar-refractivity contribution in [2.45, 2.75) is 39.0 Å². The van der Waals surface area contributed by atoms with E-state index in [1.165, 1.54) is 41.0 Å². The molecule has 0 bridgehead atoms. The molecule has 0 radical (unpaired) electrons. The zero-order valence-electron chi connectivity index (χ0n) is 15.7. The number of ketones is 1. The number of halogens is 5. The maximum absolute atomic E-state index is 14.3. The summed E-state index contributed by atoms with van der Waals surface area (Å²) in [6, 6.07) is 6.12. The molecule has 9 heteroatoms. The molecule has 0 aliphatic carbocycles. The van der Waals surface area contributed by atoms with Gasteiger partial charge in [0.2, 0.25) is 0 Å². The molecule has 1 fully saturated rings. The minimum absolute atomic E-state index is 0.0324. The highest BCUT2D eigenvalue weighted by molar-refractivity contribution is 14.1. The highest BCUT2D eigenvalue weighted by Gasteiger charge is 2.43. The van der Waals surface area contributed by atoms with Crippen molar-refractivity contribution in [2.24, 2.45) is 0 Å². The lowest BCUT2D eigenvalue weighted by Gasteiger charge is -2.22. The normalized spacial score (nSPS) is 19.8. The third-order valence-electron chi connectivity index (χ3n) is 5.07. The third-order valence-corrected chi connectivity index (χ3v) is 6.01. The highest BCUT2D eigenvalue weighted by atomic mass is 127. The van der Waals surface area contributed by atoms with Crippen molar-refractivity contribution in [1.29, 1.82) is 0 Å². The van der Waals surface area contributed by atoms with Crippen molar-refractivity contribution >= 4 is 45.8 Å². The summed E-state index contributed by atoms with van der Waals surface area (Å²) in [6.07, 6.45) is -4.55. The molecule has 2 aromatic carbocycles. The number of carbonyl (C=O) groups excluding carboxylic acids is 2. The van der Waals surface area contributed by atoms with Crippen LogP contribution in [0.3, 0.4) is 0 Å². The molecule has 0 unspecified atom stereocenters. The van der Waals surface area contributed by atoms with Gasteiger partial charge in [0.05, 0.1) is 23.2 Å². The Morgan fingerprint density at radius 2 is 1.52 bits per heavy atom. The molecular formula is C20H17F4IN2O2. The molecule has 4 nitrogen and oxygen atoms in total. The molecule has 1 aliphatic rings. The standard InChI is InChI=1S/C20H17F4IN2O2/c1-10-11(2)27(14-4-6-15(12(3)28)17(21)9-14)19(29)26(10)13-5-7-18(25)16(8-13)20(22,23)24/h4-11H,1-3H3/t10-,11-/m0/s1. The fourth-order valence-corrected chi connectivity index (χ4v) is 4.05. The number of nitrogens with zero attached hydrogens (tertiary/aromatic N) is 2. The largest absolute Gasteiger partial charge is 0.417 e. The molecule has 2 atom stereocenters. The van der Waals surface area contributed by atoms with Crippen LogP contribution in [0, 0.1) is 9.39 Å². The second kappa shape index (κ2) is 7.58. The van der Waals surface area contributed by atoms with Gasteiger partial charge in [0.25, 0.3) is 0 Å². The fourth-order valence-electron chi connectivity index (χ4n) is 3.41. The molecule has 1 aliphatic heterocycles. The SMILES string of the molecule is CC(=O)c1ccc(N2C(=O)N(c3ccc(I)c(C(F)(F)F)c3)[C@@H](C)[C@@H]2C)cc1F. The number of benzene rings is 2. The van der Waals surface area contributed by atoms with Crippen LogP contribution < -0.4 is 9.80 Å². The van der Waals surface area contributed by atoms with Gasteiger partial charge < -0.3 is 0 Å². The summed E-state index contributed by atoms with van der Waals surface area (Å²) >= 11 is 1.60. The number of anilines is 2. The second-order valence-corrected chi connectivity index (χ2v) is 8.05. The van der Waals surface area contributed by atoms with Crippen LogP contribution >= 0.6 is 22.6 Å². The Morgan fingerprint density at radius 1 is 1.00 bits per heavy atom. The highest BCUT2D eigenvalue weighted by Crippen LogP contribution is 2.38. The Hall–Kier alpha value is -2.17. The minimum Gasteiger partial charge on any atom is -0.294 e. The quantitative estimate of drug-likeness (QED) is 0.289. The minimum atomic E-state index is -4.55. The Balaban J connectivity index is 2.02. The zero-order valence-corrected chi connectivity index (χ0v) is 17.9. The zero-order chi connectivity index (χ0) is 21.7. The van der Waals surface area contributed by atoms with Crippen LogP contribution in [0.1, 0.15) is 36.7 Å². The molecule has 29 heavy (non-hydrogen) atoms. The van der Waals surface area contributed by atoms with Gasteiger partial charge >= 0.3 is 12.2 Å². The monoisotopic (exact) mass is 520 g/mol. The van der Waals surface area contributed by atoms with Crippen molar-refractivity contribution < 1.29 is 27.2 Å². The van der Waals surface area contributed by atoms with Gasteiger partial charge in [-0.25, -0.2) is 9.18 Å². The summed E-state index contributed by atoms with van der Waals surface area (Å²) in [5.74, 6) is -1.20. The molecule has 154 valence electrons. The van der Waals surface area contributed by atoms with Gasteiger partial charge in [-0.1, -0.05) is 0 Å². The lowest BCUT2D eigenvalue weighted by atomic mass is 10.1. The van der Waals surface area contributed by atoms with Gasteiger partial charge in [-0.2, -0.15) is 13.2 Å². The Bertz CT molecular complexity index is 993. The third kappa shape index (κ3) is 3.84. The summed E-state index contributed by atoms with van der Waals surface area (Å²) in [7, 11) is 0. The van der Waals surface area contributed by atoms with E-state index in [-0.39, 0.29) is 20.5 Å². The van der Waals surface area contributed by atoms with Crippen LogP contribution in [-0.2, 0) is 6.18 Å². The lowest BCUT2D eigenvalue weighted by molar-refractivity contribution is -0.138. The summed E-state index contributed by atoms with van der Waals surface area (Å²) in [6.45, 7) is 4.69. The molecule has 2 amide bonds. The summed E-state index contributed by atoms with van der Waals surface area (Å²) in [5.41, 5.74) is -0.560. The second-order valence-electron chi connectivity index (χ2n) is 6.89. The predicted octanol–water partition coefficient (Wildman–Crippen LogP) is 5.88. The topological polar surface area (TPSA) is 40.6 Å². The van der Waals surface area contributed by atoms with E-state index in [2.05, 4.69) is 0 Å². The molecule has 1 heterocycles. The van der Waals surface area contributed by atoms with Gasteiger partial charge in [0.15, 0.2) is 5.78 Å². The Morgan fingerprint density at radius 3 is 2.00 bits per heavy atom. The van der Waals surface area contributed by atoms with E-state index in [0.717, 1.165) is 12.1 Å². The van der Waals surface area contributed by atoms with Gasteiger partial charge in [-0.3, -0.25) is 14.6 Å². The van der Waals surface area contributed by atoms with Crippen molar-refractivity contribution in [3.63, 3.8) is 0 Å². The van der Waals surface area contributed by atoms with E-state index in [0.29, 0.717) is 0 Å². The van der Waals surface area contributed by atoms with Crippen LogP contribution in [0.25, 0.3) is 0 Å². The van der Waals surface area contributed by atoms with Gasteiger partial charge in [-0.15, -0.1) is 0 Å². The smallest absolute Gasteiger partial charge is 0.294 e. The number of rotatable bonds is 3.